The number of hydrogen-bond donors (Lipinski definition) is 1. The van der Waals surface area contributed by atoms with E-state index in [-0.39, 0.29) is 5.91 Å². The molecule has 3 rings (SSSR count). The third kappa shape index (κ3) is 3.83. The van der Waals surface area contributed by atoms with Crippen molar-refractivity contribution >= 4 is 35.3 Å². The quantitative estimate of drug-likeness (QED) is 0.865. The van der Waals surface area contributed by atoms with Gasteiger partial charge in [0, 0.05) is 36.9 Å². The summed E-state index contributed by atoms with van der Waals surface area (Å²) in [7, 11) is 0. The first-order valence-corrected chi connectivity index (χ1v) is 8.01. The van der Waals surface area contributed by atoms with E-state index in [0.29, 0.717) is 36.9 Å². The molecule has 1 aromatic heterocycles. The Balaban J connectivity index is 1.64. The minimum absolute atomic E-state index is 0.116. The van der Waals surface area contributed by atoms with Crippen LogP contribution in [0.25, 0.3) is 0 Å². The zero-order valence-electron chi connectivity index (χ0n) is 13.0. The van der Waals surface area contributed by atoms with Crippen LogP contribution in [0, 0.1) is 0 Å². The highest BCUT2D eigenvalue weighted by Gasteiger charge is 2.22. The van der Waals surface area contributed by atoms with Gasteiger partial charge in [-0.25, -0.2) is 4.98 Å². The Bertz CT molecular complexity index is 728. The molecule has 0 saturated carbocycles. The van der Waals surface area contributed by atoms with E-state index in [1.807, 2.05) is 24.3 Å². The molecule has 0 bridgehead atoms. The summed E-state index contributed by atoms with van der Waals surface area (Å²) in [5.74, 6) is -0.116. The molecule has 1 aliphatic rings. The van der Waals surface area contributed by atoms with E-state index in [0.717, 1.165) is 17.8 Å². The van der Waals surface area contributed by atoms with Gasteiger partial charge in [-0.2, -0.15) is 0 Å². The lowest BCUT2D eigenvalue weighted by Crippen LogP contribution is -2.48. The Kier molecular flexibility index (Phi) is 4.96. The molecule has 1 N–H and O–H groups in total. The van der Waals surface area contributed by atoms with Gasteiger partial charge in [0.25, 0.3) is 5.91 Å². The topological polar surface area (TPSA) is 65.5 Å². The van der Waals surface area contributed by atoms with Crippen LogP contribution in [-0.4, -0.2) is 53.3 Å². The second-order valence-electron chi connectivity index (χ2n) is 5.50. The van der Waals surface area contributed by atoms with Gasteiger partial charge in [-0.1, -0.05) is 17.7 Å². The molecule has 0 atom stereocenters. The van der Waals surface area contributed by atoms with Crippen LogP contribution in [0.4, 0.5) is 11.4 Å². The molecule has 6 nitrogen and oxygen atoms in total. The molecule has 1 aliphatic heterocycles. The molecule has 0 aliphatic carbocycles. The molecular formula is C17H17ClN4O2. The number of benzene rings is 1. The summed E-state index contributed by atoms with van der Waals surface area (Å²) in [5, 5.41) is 3.83. The number of aromatic nitrogens is 1. The lowest BCUT2D eigenvalue weighted by Gasteiger charge is -2.32. The summed E-state index contributed by atoms with van der Waals surface area (Å²) in [6.07, 6.45) is 2.44. The van der Waals surface area contributed by atoms with Gasteiger partial charge in [-0.05, 0) is 30.3 Å². The van der Waals surface area contributed by atoms with Gasteiger partial charge in [-0.15, -0.1) is 0 Å². The van der Waals surface area contributed by atoms with Gasteiger partial charge in [0.05, 0.1) is 11.9 Å². The van der Waals surface area contributed by atoms with Crippen molar-refractivity contribution in [2.45, 2.75) is 0 Å². The summed E-state index contributed by atoms with van der Waals surface area (Å²) in [4.78, 5) is 30.8. The van der Waals surface area contributed by atoms with Gasteiger partial charge >= 0.3 is 0 Å². The number of carbonyl (C=O) groups is 2. The highest BCUT2D eigenvalue weighted by atomic mass is 35.5. The Labute approximate surface area is 145 Å². The lowest BCUT2D eigenvalue weighted by atomic mass is 10.2. The molecule has 1 saturated heterocycles. The van der Waals surface area contributed by atoms with Crippen molar-refractivity contribution in [3.05, 3.63) is 53.3 Å². The number of nitrogens with one attached hydrogen (secondary N) is 1. The normalized spacial score (nSPS) is 14.4. The first-order valence-electron chi connectivity index (χ1n) is 7.63. The molecule has 0 radical (unpaired) electrons. The van der Waals surface area contributed by atoms with E-state index in [9.17, 15) is 9.59 Å². The summed E-state index contributed by atoms with van der Waals surface area (Å²) in [6, 6.07) is 10.9. The predicted octanol–water partition coefficient (Wildman–Crippen LogP) is 2.39. The van der Waals surface area contributed by atoms with Crippen molar-refractivity contribution in [2.24, 2.45) is 0 Å². The smallest absolute Gasteiger partial charge is 0.272 e. The highest BCUT2D eigenvalue weighted by Crippen LogP contribution is 2.20. The van der Waals surface area contributed by atoms with Gasteiger partial charge in [0.1, 0.15) is 5.69 Å². The summed E-state index contributed by atoms with van der Waals surface area (Å²) < 4.78 is 0. The van der Waals surface area contributed by atoms with Gasteiger partial charge < -0.3 is 15.1 Å². The summed E-state index contributed by atoms with van der Waals surface area (Å²) >= 11 is 5.95. The van der Waals surface area contributed by atoms with Crippen molar-refractivity contribution in [3.63, 3.8) is 0 Å². The monoisotopic (exact) mass is 344 g/mol. The Morgan fingerprint density at radius 2 is 1.92 bits per heavy atom. The number of rotatable bonds is 4. The largest absolute Gasteiger partial charge is 0.354 e. The number of nitrogens with zero attached hydrogens (tertiary/aromatic N) is 3. The maximum absolute atomic E-state index is 12.4. The second kappa shape index (κ2) is 7.31. The molecule has 124 valence electrons. The van der Waals surface area contributed by atoms with Crippen LogP contribution < -0.4 is 5.32 Å². The molecule has 24 heavy (non-hydrogen) atoms. The first kappa shape index (κ1) is 16.3. The van der Waals surface area contributed by atoms with Crippen LogP contribution in [-0.2, 0) is 4.79 Å². The van der Waals surface area contributed by atoms with Crippen molar-refractivity contribution in [1.29, 1.82) is 0 Å². The Morgan fingerprint density at radius 3 is 2.54 bits per heavy atom. The summed E-state index contributed by atoms with van der Waals surface area (Å²) in [6.45, 7) is 2.18. The maximum atomic E-state index is 12.4. The van der Waals surface area contributed by atoms with Crippen LogP contribution in [0.1, 0.15) is 10.5 Å². The Morgan fingerprint density at radius 1 is 1.12 bits per heavy atom. The Hall–Kier alpha value is -2.60. The summed E-state index contributed by atoms with van der Waals surface area (Å²) in [5.41, 5.74) is 2.03. The average molecular weight is 345 g/mol. The number of piperazine rings is 1. The number of anilines is 2. The van der Waals surface area contributed by atoms with E-state index in [1.165, 1.54) is 0 Å². The van der Waals surface area contributed by atoms with Crippen molar-refractivity contribution in [2.75, 3.05) is 31.5 Å². The zero-order valence-corrected chi connectivity index (χ0v) is 13.7. The van der Waals surface area contributed by atoms with Crippen molar-refractivity contribution in [3.8, 4) is 0 Å². The van der Waals surface area contributed by atoms with Crippen LogP contribution in [0.3, 0.4) is 0 Å². The maximum Gasteiger partial charge on any atom is 0.272 e. The van der Waals surface area contributed by atoms with Crippen LogP contribution in [0.2, 0.25) is 5.02 Å². The number of carbonyl (C=O) groups excluding carboxylic acids is 2. The standard InChI is InChI=1S/C17H17ClN4O2/c18-13-2-1-3-14(10-13)20-15-4-5-16(19-11-15)17(24)22-8-6-21(12-23)7-9-22/h1-5,10-12,20H,6-9H2. The molecule has 1 fully saturated rings. The van der Waals surface area contributed by atoms with E-state index < -0.39 is 0 Å². The van der Waals surface area contributed by atoms with E-state index >= 15 is 0 Å². The van der Waals surface area contributed by atoms with E-state index in [2.05, 4.69) is 10.3 Å². The minimum Gasteiger partial charge on any atom is -0.354 e. The third-order valence-corrected chi connectivity index (χ3v) is 4.08. The van der Waals surface area contributed by atoms with Gasteiger partial charge in [0.15, 0.2) is 0 Å². The molecule has 2 amide bonds. The fourth-order valence-corrected chi connectivity index (χ4v) is 2.71. The lowest BCUT2D eigenvalue weighted by molar-refractivity contribution is -0.119. The molecular weight excluding hydrogens is 328 g/mol. The molecule has 0 spiro atoms. The average Bonchev–Trinajstić information content (AvgIpc) is 2.62. The third-order valence-electron chi connectivity index (χ3n) is 3.85. The molecule has 0 unspecified atom stereocenters. The minimum atomic E-state index is -0.116. The SMILES string of the molecule is O=CN1CCN(C(=O)c2ccc(Nc3cccc(Cl)c3)cn2)CC1. The van der Waals surface area contributed by atoms with E-state index in [1.54, 1.807) is 28.1 Å². The van der Waals surface area contributed by atoms with Crippen LogP contribution in [0.5, 0.6) is 0 Å². The molecule has 1 aromatic carbocycles. The van der Waals surface area contributed by atoms with Crippen molar-refractivity contribution in [1.82, 2.24) is 14.8 Å². The van der Waals surface area contributed by atoms with Gasteiger partial charge in [0.2, 0.25) is 6.41 Å². The van der Waals surface area contributed by atoms with Crippen molar-refractivity contribution < 1.29 is 9.59 Å². The first-order chi connectivity index (χ1) is 11.7. The van der Waals surface area contributed by atoms with Crippen LogP contribution >= 0.6 is 11.6 Å². The molecule has 2 heterocycles. The van der Waals surface area contributed by atoms with Gasteiger partial charge in [-0.3, -0.25) is 9.59 Å². The number of amides is 2. The fraction of sp³-hybridized carbons (Fsp3) is 0.235. The predicted molar refractivity (Wildman–Crippen MR) is 92.5 cm³/mol. The highest BCUT2D eigenvalue weighted by molar-refractivity contribution is 6.30. The van der Waals surface area contributed by atoms with Crippen LogP contribution in [0.15, 0.2) is 42.6 Å². The fourth-order valence-electron chi connectivity index (χ4n) is 2.52. The number of halogens is 1. The molecule has 7 heteroatoms. The van der Waals surface area contributed by atoms with E-state index in [4.69, 9.17) is 11.6 Å². The number of pyridine rings is 1. The zero-order chi connectivity index (χ0) is 16.9. The second-order valence-corrected chi connectivity index (χ2v) is 5.94. The molecule has 2 aromatic rings. The number of hydrogen-bond acceptors (Lipinski definition) is 4.